The van der Waals surface area contributed by atoms with Gasteiger partial charge in [-0.25, -0.2) is 19.2 Å². The number of nitro benzene ring substituents is 3. The Morgan fingerprint density at radius 2 is 1.15 bits per heavy atom. The number of fused-ring (bicyclic) bond motifs is 2. The fourth-order valence-electron chi connectivity index (χ4n) is 19.0. The summed E-state index contributed by atoms with van der Waals surface area (Å²) in [7, 11) is 14.1. The van der Waals surface area contributed by atoms with Crippen molar-refractivity contribution in [2.45, 2.75) is 264 Å². The van der Waals surface area contributed by atoms with Gasteiger partial charge in [-0.2, -0.15) is 6.67 Å². The standard InChI is InChI=1S/C35H45N3O10.C33H41N3O10.C21H27N2.C10H11NO3.2ClH.Ru/c1-4-6-7-8-9-14-28(36-34(43)48-26-12-10-11-13-26)31(40)37-22-27(47-32(41)23-15-17-25(18-16-23)38(44)45)19-29(37)30(39)21-35(33(42)46-3)20-24(35)5-2;1-44-31(40)33-18-22(33)9-5-3-2-4-6-12-26(34-32(41)46-24-10-7-8-11-24)29(38)35-20-25(17-27(35)28(37)19-33)45-30(39)21-13-15-23(16-14-21)36(42)43;1-14-9-16(3)20(17(4)10-14)22-7-8-23(13-22)21-18(5)11-15(2)12-19(21)6;1-7(2)14-10-5-4-9(11(12)13)6-8(10)3;;;/h4-5,15-18,24,26-29H,1-2,6-14,19-22H2,3H3,(H,36,43);5,9,13-16,22,24-27H,2-4,6-8,10-12,17-20H2,1H3,(H,34,41);9-13H,7-8H2,1-6H3;3-7H,1-2H3;2*1H;/q;;-1;;;;+2/p-1/b;9-5-;;;;;/t24-,27-,28+,29+,35-;22-,25-,26+,27+,33-;;;;;/m11...../s1. The van der Waals surface area contributed by atoms with E-state index >= 15 is 0 Å². The number of aromatic hydroxyl groups is 1. The second-order valence-corrected chi connectivity index (χ2v) is 41.8. The van der Waals surface area contributed by atoms with Crippen LogP contribution in [0.4, 0.5) is 38.0 Å². The summed E-state index contributed by atoms with van der Waals surface area (Å²) in [5, 5.41) is 38.2. The molecular weight excluding hydrogens is 1860 g/mol. The van der Waals surface area contributed by atoms with E-state index in [1.165, 1.54) is 129 Å². The zero-order chi connectivity index (χ0) is 97.4. The Morgan fingerprint density at radius 3 is 1.65 bits per heavy atom. The van der Waals surface area contributed by atoms with Crippen LogP contribution in [0, 0.1) is 101 Å². The first-order valence-electron chi connectivity index (χ1n) is 45.8. The molecule has 32 nitrogen and oxygen atoms in total. The van der Waals surface area contributed by atoms with Crippen LogP contribution in [0.15, 0.2) is 128 Å². The van der Waals surface area contributed by atoms with Gasteiger partial charge in [0.05, 0.1) is 71.2 Å². The summed E-state index contributed by atoms with van der Waals surface area (Å²) in [4.78, 5) is 172. The summed E-state index contributed by atoms with van der Waals surface area (Å²) in [5.41, 5.74) is 9.16. The Bertz CT molecular complexity index is 5080. The number of Topliss-reactive ketones (excluding diaryl/α,β-unsaturated/α-hetero) is 2. The summed E-state index contributed by atoms with van der Waals surface area (Å²) in [6.45, 7) is 28.7. The molecule has 0 spiro atoms. The first-order chi connectivity index (χ1) is 63.9. The monoisotopic (exact) mass is 1980 g/mol. The van der Waals surface area contributed by atoms with Gasteiger partial charge in [0, 0.05) is 74.4 Å². The number of anilines is 2. The van der Waals surface area contributed by atoms with Gasteiger partial charge in [0.15, 0.2) is 11.6 Å². The van der Waals surface area contributed by atoms with Crippen molar-refractivity contribution in [2.75, 3.05) is 50.2 Å². The Balaban J connectivity index is 0.000000199. The largest absolute Gasteiger partial charge is 0.502 e. The number of esters is 4. The van der Waals surface area contributed by atoms with Crippen molar-refractivity contribution in [3.05, 3.63) is 216 Å². The molecule has 4 aliphatic carbocycles. The van der Waals surface area contributed by atoms with E-state index in [0.29, 0.717) is 49.8 Å². The molecular formula is C99H125Cl2N9O23Ru. The number of ketones is 2. The van der Waals surface area contributed by atoms with Crippen molar-refractivity contribution >= 4 is 112 Å². The van der Waals surface area contributed by atoms with Gasteiger partial charge < -0.3 is 58.7 Å². The quantitative estimate of drug-likeness (QED) is 0.00517. The van der Waals surface area contributed by atoms with Crippen molar-refractivity contribution in [3.8, 4) is 5.75 Å². The number of aryl methyl sites for hydroxylation is 6. The molecule has 4 heterocycles. The third kappa shape index (κ3) is 28.2. The van der Waals surface area contributed by atoms with E-state index in [9.17, 15) is 78.3 Å². The third-order valence-corrected chi connectivity index (χ3v) is 27.5. The Hall–Kier alpha value is -11.3. The molecule has 10 atom stereocenters. The van der Waals surface area contributed by atoms with E-state index in [-0.39, 0.29) is 103 Å². The van der Waals surface area contributed by atoms with Crippen LogP contribution in [0.3, 0.4) is 0 Å². The summed E-state index contributed by atoms with van der Waals surface area (Å²) in [6, 6.07) is 19.4. The van der Waals surface area contributed by atoms with Gasteiger partial charge in [0.2, 0.25) is 11.8 Å². The van der Waals surface area contributed by atoms with E-state index in [4.69, 9.17) is 47.8 Å². The number of nitrogens with one attached hydrogen (secondary N) is 2. The summed E-state index contributed by atoms with van der Waals surface area (Å²) in [6.07, 6.45) is 18.2. The molecule has 3 N–H and O–H groups in total. The second-order valence-electron chi connectivity index (χ2n) is 36.1. The maximum atomic E-state index is 14.2. The average molecular weight is 1980 g/mol. The number of carbonyl (C=O) groups excluding carboxylic acids is 10. The van der Waals surface area contributed by atoms with Gasteiger partial charge in [-0.05, 0) is 203 Å². The molecule has 0 aromatic heterocycles. The molecule has 3 saturated heterocycles. The predicted molar refractivity (Wildman–Crippen MR) is 503 cm³/mol. The number of hydrogen-bond acceptors (Lipinski definition) is 24. The van der Waals surface area contributed by atoms with Crippen molar-refractivity contribution < 1.29 is 109 Å². The number of methoxy groups -OCH3 is 2. The topological polar surface area (TPSA) is 405 Å². The molecule has 134 heavy (non-hydrogen) atoms. The van der Waals surface area contributed by atoms with Gasteiger partial charge in [-0.1, -0.05) is 85.4 Å². The van der Waals surface area contributed by atoms with Crippen LogP contribution in [0.5, 0.6) is 5.75 Å². The number of halogens is 2. The molecule has 0 radical (unpaired) electrons. The normalized spacial score (nSPS) is 22.6. The minimum absolute atomic E-state index is 0.000291. The van der Waals surface area contributed by atoms with E-state index in [2.05, 4.69) is 111 Å². The van der Waals surface area contributed by atoms with Gasteiger partial charge in [0.1, 0.15) is 36.5 Å². The number of alkyl carbamates (subject to hydrolysis) is 2. The average Bonchev–Trinajstić information content (AvgIpc) is 1.58. The Morgan fingerprint density at radius 1 is 0.627 bits per heavy atom. The second kappa shape index (κ2) is 48.7. The van der Waals surface area contributed by atoms with Crippen LogP contribution in [0.25, 0.3) is 0 Å². The van der Waals surface area contributed by atoms with Crippen molar-refractivity contribution in [2.24, 2.45) is 22.7 Å². The predicted octanol–water partition coefficient (Wildman–Crippen LogP) is 17.9. The Labute approximate surface area is 795 Å². The molecule has 5 aromatic rings. The number of ether oxygens (including phenoxy) is 7. The van der Waals surface area contributed by atoms with Crippen LogP contribution in [0.1, 0.15) is 228 Å². The summed E-state index contributed by atoms with van der Waals surface area (Å²) >= 11 is -2.03. The van der Waals surface area contributed by atoms with Crippen molar-refractivity contribution in [1.82, 2.24) is 20.4 Å². The molecule has 7 fully saturated rings. The zero-order valence-corrected chi connectivity index (χ0v) is 81.1. The number of aliphatic hydroxyl groups is 1. The maximum Gasteiger partial charge on any atom is 0.408 e. The zero-order valence-electron chi connectivity index (χ0n) is 77.9. The summed E-state index contributed by atoms with van der Waals surface area (Å²) < 4.78 is 38.7. The number of rotatable bonds is 29. The van der Waals surface area contributed by atoms with Crippen LogP contribution in [0.2, 0.25) is 0 Å². The van der Waals surface area contributed by atoms with Crippen LogP contribution >= 0.6 is 19.4 Å². The summed E-state index contributed by atoms with van der Waals surface area (Å²) in [5.74, 6) is -4.02. The molecule has 0 bridgehead atoms. The number of non-ortho nitro benzene ring substituents is 3. The number of hydrogen-bond donors (Lipinski definition) is 2. The number of benzene rings is 5. The Kier molecular flexibility index (Phi) is 38.1. The van der Waals surface area contributed by atoms with Crippen molar-refractivity contribution in [3.63, 3.8) is 0 Å². The number of allylic oxidation sites excluding steroid dienone is 4. The number of nitro groups is 3. The van der Waals surface area contributed by atoms with E-state index in [1.54, 1.807) is 16.8 Å². The molecule has 8 aliphatic rings. The van der Waals surface area contributed by atoms with E-state index < -0.39 is 129 Å². The molecule has 4 amide bonds. The molecule has 4 saturated carbocycles. The maximum absolute atomic E-state index is 14.2. The minimum atomic E-state index is -2.03. The SMILES string of the molecule is C=CCCCCC[C@H](NC(=O)OC1CCCC1)C(=O)N1C[C@H](OC(=O)c2ccc([N+](=O)[O-])cc2)C[C@H]1C(=O)C[C@]1(C(=O)OC)C[C@H]1C=C.CC(C)[OH+]c1ccc([N+](=O)[O-])cc1[CH]=[Ru]([Cl])[Cl].COC(=O)[C@]12CC(=O)[C@@H]3C[C@@H](OC(=O)c4ccc([N+](=O)[O-])cc4)CN3C(=O)[C@@H](NC(=O)OC3CCCC3)CCCCC/C=C\[C@@H]1C2.Cc1cc(C)c(N2[CH-]N(c3c(C)cc(C)cc3C)CC2)c(C)c1. The smallest absolute Gasteiger partial charge is 0.408 e. The minimum Gasteiger partial charge on any atom is -0.502 e. The number of nitrogens with zero attached hydrogens (tertiary/aromatic N) is 7. The van der Waals surface area contributed by atoms with Gasteiger partial charge in [0.25, 0.3) is 11.4 Å². The number of amides is 4. The van der Waals surface area contributed by atoms with Crippen LogP contribution in [-0.4, -0.2) is 188 Å². The third-order valence-electron chi connectivity index (χ3n) is 25.7. The first kappa shape index (κ1) is 105. The molecule has 35 heteroatoms. The molecule has 5 aromatic carbocycles. The first-order valence-corrected chi connectivity index (χ1v) is 51.3. The molecule has 4 aliphatic heterocycles. The van der Waals surface area contributed by atoms with Crippen LogP contribution in [-0.2, 0) is 70.7 Å². The number of unbranched alkanes of at least 4 members (excludes halogenated alkanes) is 3. The van der Waals surface area contributed by atoms with Gasteiger partial charge in [-0.15, -0.1) is 13.2 Å². The van der Waals surface area contributed by atoms with E-state index in [1.807, 2.05) is 32.1 Å². The molecule has 13 rings (SSSR count). The number of likely N-dealkylation sites (tertiary alicyclic amines) is 1. The number of carbonyl (C=O) groups is 10. The fraction of sp³-hybridized carbons (Fsp3) is 0.515. The fourth-order valence-corrected chi connectivity index (χ4v) is 20.8. The van der Waals surface area contributed by atoms with Gasteiger partial charge in [-0.3, -0.25) is 49.0 Å². The van der Waals surface area contributed by atoms with Gasteiger partial charge >= 0.3 is 148 Å². The van der Waals surface area contributed by atoms with Crippen LogP contribution < -0.4 is 20.4 Å². The van der Waals surface area contributed by atoms with E-state index in [0.717, 1.165) is 103 Å². The molecule has 726 valence electrons. The van der Waals surface area contributed by atoms with Crippen molar-refractivity contribution in [1.29, 1.82) is 0 Å². The molecule has 0 unspecified atom stereocenters.